The number of rotatable bonds is 4. The molecule has 122 valence electrons. The van der Waals surface area contributed by atoms with Gasteiger partial charge in [-0.15, -0.1) is 0 Å². The Hall–Kier alpha value is -2.22. The summed E-state index contributed by atoms with van der Waals surface area (Å²) in [6.45, 7) is 1.58. The van der Waals surface area contributed by atoms with E-state index in [1.165, 1.54) is 0 Å². The summed E-state index contributed by atoms with van der Waals surface area (Å²) in [5.74, 6) is -1.46. The van der Waals surface area contributed by atoms with Crippen LogP contribution < -0.4 is 9.62 Å². The molecule has 0 aliphatic carbocycles. The summed E-state index contributed by atoms with van der Waals surface area (Å²) in [5.41, 5.74) is 0.276. The highest BCUT2D eigenvalue weighted by atomic mass is 32.2. The van der Waals surface area contributed by atoms with Crippen molar-refractivity contribution < 1.29 is 17.2 Å². The topological polar surface area (TPSA) is 62.3 Å². The first-order chi connectivity index (χ1) is 11.0. The minimum atomic E-state index is -4.17. The molecule has 0 atom stereocenters. The molecule has 0 spiro atoms. The number of nitrogens with one attached hydrogen (secondary N) is 1. The smallest absolute Gasteiger partial charge is 0.264 e. The maximum Gasteiger partial charge on any atom is 0.264 e. The van der Waals surface area contributed by atoms with E-state index in [-0.39, 0.29) is 5.69 Å². The van der Waals surface area contributed by atoms with E-state index >= 15 is 0 Å². The first-order valence-electron chi connectivity index (χ1n) is 7.15. The molecular weight excluding hydrogens is 324 g/mol. The summed E-state index contributed by atoms with van der Waals surface area (Å²) in [7, 11) is -4.17. The summed E-state index contributed by atoms with van der Waals surface area (Å²) in [6.07, 6.45) is 3.59. The first-order valence-corrected chi connectivity index (χ1v) is 8.63. The van der Waals surface area contributed by atoms with Crippen molar-refractivity contribution in [3.05, 3.63) is 48.2 Å². The van der Waals surface area contributed by atoms with E-state index in [9.17, 15) is 17.2 Å². The average Bonchev–Trinajstić information content (AvgIpc) is 3.01. The fourth-order valence-corrected chi connectivity index (χ4v) is 3.67. The lowest BCUT2D eigenvalue weighted by molar-refractivity contribution is 0.551. The highest BCUT2D eigenvalue weighted by Gasteiger charge is 2.23. The molecule has 0 radical (unpaired) electrons. The Balaban J connectivity index is 1.95. The Morgan fingerprint density at radius 1 is 1.13 bits per heavy atom. The van der Waals surface area contributed by atoms with Gasteiger partial charge in [0.15, 0.2) is 5.82 Å². The lowest BCUT2D eigenvalue weighted by Gasteiger charge is -2.20. The molecule has 2 heterocycles. The predicted molar refractivity (Wildman–Crippen MR) is 82.9 cm³/mol. The van der Waals surface area contributed by atoms with Crippen molar-refractivity contribution in [1.29, 1.82) is 0 Å². The second-order valence-corrected chi connectivity index (χ2v) is 6.90. The molecule has 3 rings (SSSR count). The summed E-state index contributed by atoms with van der Waals surface area (Å²) < 4.78 is 53.8. The third kappa shape index (κ3) is 3.26. The van der Waals surface area contributed by atoms with Crippen LogP contribution in [0.4, 0.5) is 20.3 Å². The van der Waals surface area contributed by atoms with Crippen LogP contribution in [0.25, 0.3) is 0 Å². The number of aromatic nitrogens is 1. The van der Waals surface area contributed by atoms with Crippen LogP contribution in [0.1, 0.15) is 12.8 Å². The van der Waals surface area contributed by atoms with Crippen molar-refractivity contribution >= 4 is 21.5 Å². The molecule has 23 heavy (non-hydrogen) atoms. The molecule has 1 aliphatic rings. The lowest BCUT2D eigenvalue weighted by atomic mass is 10.3. The maximum atomic E-state index is 13.8. The summed E-state index contributed by atoms with van der Waals surface area (Å²) in [5, 5.41) is 0. The Kier molecular flexibility index (Phi) is 4.16. The van der Waals surface area contributed by atoms with Crippen LogP contribution in [-0.4, -0.2) is 26.5 Å². The number of benzene rings is 1. The number of pyridine rings is 1. The van der Waals surface area contributed by atoms with Crippen molar-refractivity contribution in [3.63, 3.8) is 0 Å². The summed E-state index contributed by atoms with van der Waals surface area (Å²) in [4.78, 5) is 5.59. The van der Waals surface area contributed by atoms with Gasteiger partial charge in [0.25, 0.3) is 10.0 Å². The third-order valence-electron chi connectivity index (χ3n) is 3.62. The molecule has 1 saturated heterocycles. The molecular formula is C15H15F2N3O2S. The van der Waals surface area contributed by atoms with E-state index in [4.69, 9.17) is 0 Å². The van der Waals surface area contributed by atoms with Crippen molar-refractivity contribution in [3.8, 4) is 0 Å². The number of nitrogens with zero attached hydrogens (tertiary/aromatic N) is 2. The minimum Gasteiger partial charge on any atom is -0.355 e. The van der Waals surface area contributed by atoms with Gasteiger partial charge in [0.2, 0.25) is 0 Å². The van der Waals surface area contributed by atoms with Crippen LogP contribution in [0.5, 0.6) is 0 Å². The predicted octanol–water partition coefficient (Wildman–Crippen LogP) is 2.76. The molecule has 1 aliphatic heterocycles. The molecule has 0 amide bonds. The zero-order chi connectivity index (χ0) is 16.4. The standard InChI is InChI=1S/C15H15F2N3O2S/c16-11-5-6-14(12(17)10-11)23(21,22)19-13-4-3-7-18-15(13)20-8-1-2-9-20/h3-7,10,19H,1-2,8-9H2. The Labute approximate surface area is 133 Å². The molecule has 8 heteroatoms. The van der Waals surface area contributed by atoms with Crippen molar-refractivity contribution in [2.75, 3.05) is 22.7 Å². The van der Waals surface area contributed by atoms with Gasteiger partial charge in [0.05, 0.1) is 5.69 Å². The van der Waals surface area contributed by atoms with Crippen molar-refractivity contribution in [2.24, 2.45) is 0 Å². The van der Waals surface area contributed by atoms with Crippen LogP contribution in [0, 0.1) is 11.6 Å². The number of anilines is 2. The zero-order valence-electron chi connectivity index (χ0n) is 12.2. The molecule has 1 aromatic heterocycles. The molecule has 1 aromatic carbocycles. The van der Waals surface area contributed by atoms with Gasteiger partial charge in [-0.25, -0.2) is 22.2 Å². The van der Waals surface area contributed by atoms with Crippen molar-refractivity contribution in [1.82, 2.24) is 4.98 Å². The Morgan fingerprint density at radius 2 is 1.87 bits per heavy atom. The molecule has 1 N–H and O–H groups in total. The number of hydrogen-bond donors (Lipinski definition) is 1. The average molecular weight is 339 g/mol. The van der Waals surface area contributed by atoms with Gasteiger partial charge in [-0.2, -0.15) is 0 Å². The van der Waals surface area contributed by atoms with Crippen LogP contribution in [0.3, 0.4) is 0 Å². The number of halogens is 2. The zero-order valence-corrected chi connectivity index (χ0v) is 13.0. The van der Waals surface area contributed by atoms with Crippen molar-refractivity contribution in [2.45, 2.75) is 17.7 Å². The normalized spacial score (nSPS) is 15.0. The van der Waals surface area contributed by atoms with E-state index in [0.29, 0.717) is 11.9 Å². The monoisotopic (exact) mass is 339 g/mol. The van der Waals surface area contributed by atoms with Crippen LogP contribution >= 0.6 is 0 Å². The van der Waals surface area contributed by atoms with Crippen LogP contribution in [-0.2, 0) is 10.0 Å². The molecule has 0 unspecified atom stereocenters. The summed E-state index contributed by atoms with van der Waals surface area (Å²) in [6, 6.07) is 5.51. The van der Waals surface area contributed by atoms with E-state index in [1.54, 1.807) is 18.3 Å². The van der Waals surface area contributed by atoms with Crippen LogP contribution in [0.15, 0.2) is 41.4 Å². The van der Waals surface area contributed by atoms with E-state index in [0.717, 1.165) is 38.1 Å². The Morgan fingerprint density at radius 3 is 2.57 bits per heavy atom. The number of hydrogen-bond acceptors (Lipinski definition) is 4. The van der Waals surface area contributed by atoms with Gasteiger partial charge in [0.1, 0.15) is 16.5 Å². The third-order valence-corrected chi connectivity index (χ3v) is 5.02. The quantitative estimate of drug-likeness (QED) is 0.930. The highest BCUT2D eigenvalue weighted by Crippen LogP contribution is 2.28. The van der Waals surface area contributed by atoms with E-state index in [2.05, 4.69) is 9.71 Å². The second-order valence-electron chi connectivity index (χ2n) is 5.25. The largest absolute Gasteiger partial charge is 0.355 e. The molecule has 2 aromatic rings. The maximum absolute atomic E-state index is 13.8. The fraction of sp³-hybridized carbons (Fsp3) is 0.267. The van der Waals surface area contributed by atoms with Gasteiger partial charge in [-0.1, -0.05) is 0 Å². The fourth-order valence-electron chi connectivity index (χ4n) is 2.55. The van der Waals surface area contributed by atoms with E-state index in [1.807, 2.05) is 4.90 Å². The molecule has 0 bridgehead atoms. The molecule has 1 fully saturated rings. The van der Waals surface area contributed by atoms with Crippen LogP contribution in [0.2, 0.25) is 0 Å². The van der Waals surface area contributed by atoms with Gasteiger partial charge < -0.3 is 4.90 Å². The molecule has 5 nitrogen and oxygen atoms in total. The second kappa shape index (κ2) is 6.11. The van der Waals surface area contributed by atoms with E-state index < -0.39 is 26.6 Å². The minimum absolute atomic E-state index is 0.276. The lowest BCUT2D eigenvalue weighted by Crippen LogP contribution is -2.22. The molecule has 0 saturated carbocycles. The van der Waals surface area contributed by atoms with Gasteiger partial charge in [-0.05, 0) is 37.1 Å². The van der Waals surface area contributed by atoms with Gasteiger partial charge in [-0.3, -0.25) is 4.72 Å². The van der Waals surface area contributed by atoms with Gasteiger partial charge in [0, 0.05) is 25.4 Å². The Bertz CT molecular complexity index is 821. The highest BCUT2D eigenvalue weighted by molar-refractivity contribution is 7.92. The SMILES string of the molecule is O=S(=O)(Nc1cccnc1N1CCCC1)c1ccc(F)cc1F. The summed E-state index contributed by atoms with van der Waals surface area (Å²) >= 11 is 0. The first kappa shape index (κ1) is 15.7. The van der Waals surface area contributed by atoms with Gasteiger partial charge >= 0.3 is 0 Å². The number of sulfonamides is 1.